The number of aromatic nitrogens is 2. The molecule has 1 aromatic heterocycles. The van der Waals surface area contributed by atoms with Gasteiger partial charge in [0.1, 0.15) is 11.6 Å². The average Bonchev–Trinajstić information content (AvgIpc) is 3.21. The summed E-state index contributed by atoms with van der Waals surface area (Å²) >= 11 is 19.0. The zero-order valence-electron chi connectivity index (χ0n) is 23.5. The van der Waals surface area contributed by atoms with Crippen molar-refractivity contribution in [2.75, 3.05) is 23.8 Å². The van der Waals surface area contributed by atoms with Crippen LogP contribution in [0.15, 0.2) is 42.5 Å². The van der Waals surface area contributed by atoms with E-state index in [9.17, 15) is 22.4 Å². The Bertz CT molecular complexity index is 1670. The molecule has 0 unspecified atom stereocenters. The van der Waals surface area contributed by atoms with E-state index in [0.717, 1.165) is 18.2 Å². The molecular weight excluding hydrogens is 633 g/mol. The van der Waals surface area contributed by atoms with E-state index < -0.39 is 24.5 Å². The van der Waals surface area contributed by atoms with E-state index in [0.29, 0.717) is 27.8 Å². The quantitative estimate of drug-likeness (QED) is 0.157. The number of fused-ring (bicyclic) bond motifs is 1. The molecule has 0 fully saturated rings. The Hall–Kier alpha value is -3.25. The van der Waals surface area contributed by atoms with Gasteiger partial charge in [-0.05, 0) is 41.3 Å². The van der Waals surface area contributed by atoms with Gasteiger partial charge in [-0.3, -0.25) is 4.79 Å². The van der Waals surface area contributed by atoms with Crippen LogP contribution < -0.4 is 20.7 Å². The minimum Gasteiger partial charge on any atom is -0.483 e. The van der Waals surface area contributed by atoms with Crippen LogP contribution in [0.2, 0.25) is 15.1 Å². The number of halogens is 7. The highest BCUT2D eigenvalue weighted by molar-refractivity contribution is 6.39. The number of hydrogen-bond donors (Lipinski definition) is 3. The summed E-state index contributed by atoms with van der Waals surface area (Å²) in [6.45, 7) is 5.93. The Balaban J connectivity index is 1.69. The number of carbonyl (C=O) groups excluding carboxylic acids is 1. The number of imidazole rings is 1. The van der Waals surface area contributed by atoms with Crippen LogP contribution in [-0.2, 0) is 13.6 Å². The van der Waals surface area contributed by atoms with E-state index in [2.05, 4.69) is 41.7 Å². The second-order valence-electron chi connectivity index (χ2n) is 11.0. The van der Waals surface area contributed by atoms with Crippen molar-refractivity contribution in [2.24, 2.45) is 12.5 Å². The van der Waals surface area contributed by atoms with Gasteiger partial charge in [-0.2, -0.15) is 13.2 Å². The molecule has 0 spiro atoms. The number of anilines is 3. The van der Waals surface area contributed by atoms with Crippen molar-refractivity contribution < 1.29 is 27.1 Å². The van der Waals surface area contributed by atoms with E-state index in [1.165, 1.54) is 24.3 Å². The molecule has 4 aromatic rings. The van der Waals surface area contributed by atoms with Crippen molar-refractivity contribution in [1.29, 1.82) is 0 Å². The highest BCUT2D eigenvalue weighted by Crippen LogP contribution is 2.37. The highest BCUT2D eigenvalue weighted by atomic mass is 35.5. The molecule has 0 saturated heterocycles. The molecule has 0 bridgehead atoms. The topological polar surface area (TPSA) is 80.2 Å². The van der Waals surface area contributed by atoms with E-state index in [1.54, 1.807) is 17.7 Å². The second-order valence-corrected chi connectivity index (χ2v) is 12.2. The van der Waals surface area contributed by atoms with Gasteiger partial charge < -0.3 is 25.3 Å². The maximum atomic E-state index is 13.6. The molecule has 3 aromatic carbocycles. The van der Waals surface area contributed by atoms with Crippen LogP contribution in [0.25, 0.3) is 11.0 Å². The number of carbonyl (C=O) groups is 1. The summed E-state index contributed by atoms with van der Waals surface area (Å²) in [7, 11) is 1.63. The molecule has 0 saturated carbocycles. The van der Waals surface area contributed by atoms with E-state index in [4.69, 9.17) is 39.5 Å². The first-order valence-corrected chi connectivity index (χ1v) is 14.1. The Kier molecular flexibility index (Phi) is 9.70. The van der Waals surface area contributed by atoms with Crippen LogP contribution in [0.5, 0.6) is 5.75 Å². The normalized spacial score (nSPS) is 12.1. The minimum atomic E-state index is -4.66. The molecule has 3 N–H and O–H groups in total. The van der Waals surface area contributed by atoms with Crippen LogP contribution in [0.4, 0.5) is 34.9 Å². The largest absolute Gasteiger partial charge is 0.483 e. The maximum Gasteiger partial charge on any atom is 0.422 e. The van der Waals surface area contributed by atoms with Gasteiger partial charge in [0, 0.05) is 31.9 Å². The summed E-state index contributed by atoms with van der Waals surface area (Å²) in [6.07, 6.45) is -4.66. The lowest BCUT2D eigenvalue weighted by atomic mass is 9.97. The van der Waals surface area contributed by atoms with E-state index in [1.807, 2.05) is 6.07 Å². The first-order valence-electron chi connectivity index (χ1n) is 12.9. The maximum absolute atomic E-state index is 13.6. The second kappa shape index (κ2) is 12.8. The van der Waals surface area contributed by atoms with E-state index in [-0.39, 0.29) is 38.9 Å². The van der Waals surface area contributed by atoms with Crippen LogP contribution >= 0.6 is 34.8 Å². The van der Waals surface area contributed by atoms with Crippen molar-refractivity contribution in [3.8, 4) is 5.75 Å². The van der Waals surface area contributed by atoms with Crippen molar-refractivity contribution in [3.63, 3.8) is 0 Å². The molecule has 7 nitrogen and oxygen atoms in total. The molecule has 0 aliphatic rings. The smallest absolute Gasteiger partial charge is 0.422 e. The number of ether oxygens (including phenoxy) is 1. The lowest BCUT2D eigenvalue weighted by Crippen LogP contribution is -2.26. The Morgan fingerprint density at radius 1 is 1.02 bits per heavy atom. The van der Waals surface area contributed by atoms with Crippen molar-refractivity contribution >= 4 is 69.1 Å². The summed E-state index contributed by atoms with van der Waals surface area (Å²) in [5, 5.41) is 9.41. The summed E-state index contributed by atoms with van der Waals surface area (Å²) in [4.78, 5) is 17.7. The Morgan fingerprint density at radius 3 is 2.40 bits per heavy atom. The van der Waals surface area contributed by atoms with E-state index >= 15 is 0 Å². The summed E-state index contributed by atoms with van der Waals surface area (Å²) < 4.78 is 59.3. The molecule has 4 rings (SSSR count). The minimum absolute atomic E-state index is 0.0670. The number of aryl methyl sites for hydroxylation is 1. The summed E-state index contributed by atoms with van der Waals surface area (Å²) in [6, 6.07) is 9.56. The number of hydrogen-bond acceptors (Lipinski definition) is 5. The number of rotatable bonds is 9. The van der Waals surface area contributed by atoms with Gasteiger partial charge in [-0.15, -0.1) is 0 Å². The van der Waals surface area contributed by atoms with Crippen molar-refractivity contribution in [3.05, 3.63) is 74.5 Å². The van der Waals surface area contributed by atoms with Crippen LogP contribution in [0.1, 0.15) is 36.7 Å². The number of amides is 1. The molecule has 0 aliphatic heterocycles. The molecule has 14 heteroatoms. The predicted molar refractivity (Wildman–Crippen MR) is 163 cm³/mol. The van der Waals surface area contributed by atoms with Crippen LogP contribution in [-0.4, -0.2) is 34.8 Å². The standard InChI is InChI=1S/C29H28Cl3F4N5O2/c1-28(2,3)13-37-12-15-5-7-18(30)25(24(15)32)40-27-39-21-10-17(26(42)38-16-6-8-20(33)19(31)9-16)23(11-22(21)41(27)4)43-14-29(34,35)36/h5-11,37H,12-14H2,1-4H3,(H,38,42)(H,39,40). The van der Waals surface area contributed by atoms with Crippen molar-refractivity contribution in [1.82, 2.24) is 14.9 Å². The van der Waals surface area contributed by atoms with Gasteiger partial charge in [0.2, 0.25) is 5.95 Å². The van der Waals surface area contributed by atoms with Gasteiger partial charge in [-0.1, -0.05) is 61.6 Å². The molecule has 43 heavy (non-hydrogen) atoms. The molecule has 0 aliphatic carbocycles. The summed E-state index contributed by atoms with van der Waals surface area (Å²) in [5.74, 6) is -1.60. The number of benzene rings is 3. The third kappa shape index (κ3) is 8.23. The zero-order chi connectivity index (χ0) is 31.7. The Labute approximate surface area is 260 Å². The monoisotopic (exact) mass is 659 g/mol. The fraction of sp³-hybridized carbons (Fsp3) is 0.310. The van der Waals surface area contributed by atoms with Gasteiger partial charge >= 0.3 is 6.18 Å². The lowest BCUT2D eigenvalue weighted by Gasteiger charge is -2.20. The SMILES string of the molecule is Cn1c(Nc2c(Cl)ccc(CNCC(C)(C)C)c2Cl)nc2cc(C(=O)Nc3ccc(F)c(Cl)c3)c(OCC(F)(F)F)cc21. The van der Waals surface area contributed by atoms with Gasteiger partial charge in [0.15, 0.2) is 6.61 Å². The molecule has 230 valence electrons. The van der Waals surface area contributed by atoms with Crippen LogP contribution in [0.3, 0.4) is 0 Å². The predicted octanol–water partition coefficient (Wildman–Crippen LogP) is 8.75. The lowest BCUT2D eigenvalue weighted by molar-refractivity contribution is -0.153. The van der Waals surface area contributed by atoms with Gasteiger partial charge in [0.25, 0.3) is 5.91 Å². The third-order valence-corrected chi connectivity index (χ3v) is 7.21. The number of nitrogens with zero attached hydrogens (tertiary/aromatic N) is 2. The van der Waals surface area contributed by atoms with Crippen molar-refractivity contribution in [2.45, 2.75) is 33.5 Å². The van der Waals surface area contributed by atoms with Gasteiger partial charge in [0.05, 0.1) is 37.4 Å². The average molecular weight is 661 g/mol. The molecule has 1 amide bonds. The number of nitrogens with one attached hydrogen (secondary N) is 3. The molecule has 1 heterocycles. The van der Waals surface area contributed by atoms with Gasteiger partial charge in [-0.25, -0.2) is 9.37 Å². The molecule has 0 radical (unpaired) electrons. The molecule has 0 atom stereocenters. The fourth-order valence-corrected chi connectivity index (χ4v) is 4.80. The van der Waals surface area contributed by atoms with Crippen LogP contribution in [0, 0.1) is 11.2 Å². The first kappa shape index (κ1) is 32.7. The summed E-state index contributed by atoms with van der Waals surface area (Å²) in [5.41, 5.74) is 1.76. The fourth-order valence-electron chi connectivity index (χ4n) is 4.09. The highest BCUT2D eigenvalue weighted by Gasteiger charge is 2.30. The Morgan fingerprint density at radius 2 is 1.74 bits per heavy atom. The third-order valence-electron chi connectivity index (χ3n) is 6.17. The first-order chi connectivity index (χ1) is 20.0. The molecular formula is C29H28Cl3F4N5O2. The number of alkyl halides is 3. The zero-order valence-corrected chi connectivity index (χ0v) is 25.8.